The number of sulfonamides is 1. The van der Waals surface area contributed by atoms with E-state index in [9.17, 15) is 13.2 Å². The van der Waals surface area contributed by atoms with Gasteiger partial charge in [0, 0.05) is 12.1 Å². The van der Waals surface area contributed by atoms with Crippen LogP contribution >= 0.6 is 23.2 Å². The number of benzene rings is 2. The molecule has 8 heteroatoms. The van der Waals surface area contributed by atoms with Crippen LogP contribution in [0.4, 0.5) is 5.69 Å². The van der Waals surface area contributed by atoms with E-state index in [2.05, 4.69) is 5.32 Å². The summed E-state index contributed by atoms with van der Waals surface area (Å²) in [5.41, 5.74) is 1.32. The number of aryl methyl sites for hydroxylation is 1. The lowest BCUT2D eigenvalue weighted by Gasteiger charge is -2.17. The molecule has 24 heavy (non-hydrogen) atoms. The number of rotatable bonds is 5. The summed E-state index contributed by atoms with van der Waals surface area (Å²) in [7, 11) is -2.40. The predicted molar refractivity (Wildman–Crippen MR) is 96.1 cm³/mol. The molecule has 128 valence electrons. The second-order valence-corrected chi connectivity index (χ2v) is 8.13. The smallest absolute Gasteiger partial charge is 0.243 e. The van der Waals surface area contributed by atoms with E-state index in [-0.39, 0.29) is 16.5 Å². The zero-order valence-electron chi connectivity index (χ0n) is 13.1. The van der Waals surface area contributed by atoms with Crippen molar-refractivity contribution in [3.63, 3.8) is 0 Å². The summed E-state index contributed by atoms with van der Waals surface area (Å²) in [4.78, 5) is 12.2. The van der Waals surface area contributed by atoms with Crippen molar-refractivity contribution in [3.05, 3.63) is 58.1 Å². The van der Waals surface area contributed by atoms with Gasteiger partial charge in [-0.05, 0) is 37.3 Å². The number of hydrogen-bond donors (Lipinski definition) is 1. The van der Waals surface area contributed by atoms with E-state index in [1.165, 1.54) is 25.2 Å². The lowest BCUT2D eigenvalue weighted by molar-refractivity contribution is -0.116. The molecule has 1 N–H and O–H groups in total. The topological polar surface area (TPSA) is 66.5 Å². The number of likely N-dealkylation sites (N-methyl/N-ethyl adjacent to an activating group) is 1. The third-order valence-electron chi connectivity index (χ3n) is 3.30. The molecule has 0 aliphatic rings. The fourth-order valence-corrected chi connectivity index (χ4v) is 3.54. The zero-order chi connectivity index (χ0) is 17.9. The molecule has 0 saturated heterocycles. The lowest BCUT2D eigenvalue weighted by atomic mass is 10.2. The van der Waals surface area contributed by atoms with Crippen LogP contribution < -0.4 is 5.32 Å². The number of hydrogen-bond acceptors (Lipinski definition) is 3. The van der Waals surface area contributed by atoms with Crippen molar-refractivity contribution >= 4 is 44.8 Å². The largest absolute Gasteiger partial charge is 0.324 e. The normalized spacial score (nSPS) is 11.5. The SMILES string of the molecule is Cc1ccc(S(=O)(=O)N(C)CC(=O)Nc2ccc(Cl)cc2Cl)cc1. The molecule has 0 atom stereocenters. The van der Waals surface area contributed by atoms with Gasteiger partial charge in [0.1, 0.15) is 0 Å². The third kappa shape index (κ3) is 4.48. The second kappa shape index (κ2) is 7.53. The van der Waals surface area contributed by atoms with Crippen molar-refractivity contribution in [2.24, 2.45) is 0 Å². The van der Waals surface area contributed by atoms with Gasteiger partial charge in [-0.15, -0.1) is 0 Å². The van der Waals surface area contributed by atoms with E-state index in [4.69, 9.17) is 23.2 Å². The lowest BCUT2D eigenvalue weighted by Crippen LogP contribution is -2.35. The Morgan fingerprint density at radius 2 is 1.75 bits per heavy atom. The highest BCUT2D eigenvalue weighted by Gasteiger charge is 2.23. The number of amides is 1. The van der Waals surface area contributed by atoms with Gasteiger partial charge in [-0.3, -0.25) is 4.79 Å². The molecule has 0 aliphatic carbocycles. The third-order valence-corrected chi connectivity index (χ3v) is 5.67. The Kier molecular flexibility index (Phi) is 5.87. The molecule has 0 radical (unpaired) electrons. The number of nitrogens with zero attached hydrogens (tertiary/aromatic N) is 1. The van der Waals surface area contributed by atoms with Crippen LogP contribution in [0.2, 0.25) is 10.0 Å². The minimum atomic E-state index is -3.74. The number of nitrogens with one attached hydrogen (secondary N) is 1. The maximum absolute atomic E-state index is 12.4. The van der Waals surface area contributed by atoms with Crippen LogP contribution in [0.5, 0.6) is 0 Å². The molecule has 0 aliphatic heterocycles. The minimum Gasteiger partial charge on any atom is -0.324 e. The van der Waals surface area contributed by atoms with E-state index >= 15 is 0 Å². The Bertz CT molecular complexity index is 852. The Hall–Kier alpha value is -1.60. The average molecular weight is 387 g/mol. The van der Waals surface area contributed by atoms with Crippen molar-refractivity contribution in [1.29, 1.82) is 0 Å². The van der Waals surface area contributed by atoms with E-state index in [1.807, 2.05) is 6.92 Å². The Labute approximate surface area is 151 Å². The summed E-state index contributed by atoms with van der Waals surface area (Å²) in [6.45, 7) is 1.53. The van der Waals surface area contributed by atoms with Crippen LogP contribution in [0.15, 0.2) is 47.4 Å². The summed E-state index contributed by atoms with van der Waals surface area (Å²) >= 11 is 11.8. The first-order chi connectivity index (χ1) is 11.2. The van der Waals surface area contributed by atoms with Gasteiger partial charge in [0.2, 0.25) is 15.9 Å². The molecule has 0 aromatic heterocycles. The fraction of sp³-hybridized carbons (Fsp3) is 0.188. The van der Waals surface area contributed by atoms with E-state index in [0.29, 0.717) is 10.7 Å². The molecular formula is C16H16Cl2N2O3S. The monoisotopic (exact) mass is 386 g/mol. The van der Waals surface area contributed by atoms with Crippen molar-refractivity contribution in [2.75, 3.05) is 18.9 Å². The maximum Gasteiger partial charge on any atom is 0.243 e. The first-order valence-electron chi connectivity index (χ1n) is 6.98. The maximum atomic E-state index is 12.4. The van der Waals surface area contributed by atoms with Crippen molar-refractivity contribution in [1.82, 2.24) is 4.31 Å². The van der Waals surface area contributed by atoms with Crippen LogP contribution in [0, 0.1) is 6.92 Å². The number of anilines is 1. The van der Waals surface area contributed by atoms with Gasteiger partial charge in [0.25, 0.3) is 0 Å². The molecule has 2 aromatic rings. The first kappa shape index (κ1) is 18.7. The Morgan fingerprint density at radius 3 is 2.33 bits per heavy atom. The molecule has 0 bridgehead atoms. The van der Waals surface area contributed by atoms with Crippen LogP contribution in [0.25, 0.3) is 0 Å². The van der Waals surface area contributed by atoms with Gasteiger partial charge in [-0.1, -0.05) is 40.9 Å². The molecule has 0 heterocycles. The standard InChI is InChI=1S/C16H16Cl2N2O3S/c1-11-3-6-13(7-4-11)24(22,23)20(2)10-16(21)19-15-8-5-12(17)9-14(15)18/h3-9H,10H2,1-2H3,(H,19,21). The van der Waals surface area contributed by atoms with E-state index in [0.717, 1.165) is 9.87 Å². The predicted octanol–water partition coefficient (Wildman–Crippen LogP) is 3.56. The minimum absolute atomic E-state index is 0.132. The number of carbonyl (C=O) groups is 1. The van der Waals surface area contributed by atoms with Crippen LogP contribution in [0.3, 0.4) is 0 Å². The molecule has 0 spiro atoms. The molecule has 1 amide bonds. The van der Waals surface area contributed by atoms with Crippen LogP contribution in [0.1, 0.15) is 5.56 Å². The van der Waals surface area contributed by atoms with Crippen LogP contribution in [-0.4, -0.2) is 32.2 Å². The van der Waals surface area contributed by atoms with E-state index < -0.39 is 15.9 Å². The highest BCUT2D eigenvalue weighted by atomic mass is 35.5. The number of halogens is 2. The van der Waals surface area contributed by atoms with Gasteiger partial charge >= 0.3 is 0 Å². The molecule has 2 rings (SSSR count). The highest BCUT2D eigenvalue weighted by molar-refractivity contribution is 7.89. The zero-order valence-corrected chi connectivity index (χ0v) is 15.4. The average Bonchev–Trinajstić information content (AvgIpc) is 2.50. The quantitative estimate of drug-likeness (QED) is 0.853. The molecule has 2 aromatic carbocycles. The molecule has 0 saturated carbocycles. The summed E-state index contributed by atoms with van der Waals surface area (Å²) in [5, 5.41) is 3.28. The fourth-order valence-electron chi connectivity index (χ4n) is 1.96. The van der Waals surface area contributed by atoms with Crippen molar-refractivity contribution in [3.8, 4) is 0 Å². The molecule has 0 fully saturated rings. The Morgan fingerprint density at radius 1 is 1.12 bits per heavy atom. The second-order valence-electron chi connectivity index (χ2n) is 5.25. The van der Waals surface area contributed by atoms with Gasteiger partial charge in [-0.25, -0.2) is 8.42 Å². The summed E-state index contributed by atoms with van der Waals surface area (Å²) in [6, 6.07) is 11.0. The van der Waals surface area contributed by atoms with Gasteiger partial charge < -0.3 is 5.32 Å². The molecule has 5 nitrogen and oxygen atoms in total. The van der Waals surface area contributed by atoms with Gasteiger partial charge in [-0.2, -0.15) is 4.31 Å². The highest BCUT2D eigenvalue weighted by Crippen LogP contribution is 2.25. The van der Waals surface area contributed by atoms with Crippen LogP contribution in [-0.2, 0) is 14.8 Å². The van der Waals surface area contributed by atoms with Gasteiger partial charge in [0.15, 0.2) is 0 Å². The number of carbonyl (C=O) groups excluding carboxylic acids is 1. The van der Waals surface area contributed by atoms with Crippen molar-refractivity contribution < 1.29 is 13.2 Å². The van der Waals surface area contributed by atoms with Crippen molar-refractivity contribution in [2.45, 2.75) is 11.8 Å². The summed E-state index contributed by atoms with van der Waals surface area (Å²) in [5.74, 6) is -0.502. The summed E-state index contributed by atoms with van der Waals surface area (Å²) < 4.78 is 25.9. The van der Waals surface area contributed by atoms with Gasteiger partial charge in [0.05, 0.1) is 22.2 Å². The first-order valence-corrected chi connectivity index (χ1v) is 9.17. The molecule has 0 unspecified atom stereocenters. The summed E-state index contributed by atoms with van der Waals surface area (Å²) in [6.07, 6.45) is 0. The molecular weight excluding hydrogens is 371 g/mol. The van der Waals surface area contributed by atoms with E-state index in [1.54, 1.807) is 24.3 Å². The Balaban J connectivity index is 2.09.